The maximum absolute atomic E-state index is 12.7. The standard InChI is InChI=1S/C20H18N4O3/c1-2-27-14-9-7-13(8-10-14)22-18(25)12-24-20(26)19-16(11-21-24)15-5-3-4-6-17(15)23-19/h3-11,23H,2,12H2,1H3,(H,22,25). The fourth-order valence-corrected chi connectivity index (χ4v) is 3.03. The van der Waals surface area contributed by atoms with Crippen LogP contribution in [0.5, 0.6) is 5.75 Å². The van der Waals surface area contributed by atoms with Crippen LogP contribution >= 0.6 is 0 Å². The van der Waals surface area contributed by atoms with Crippen LogP contribution in [0.3, 0.4) is 0 Å². The lowest BCUT2D eigenvalue weighted by atomic mass is 10.2. The molecule has 0 bridgehead atoms. The van der Waals surface area contributed by atoms with E-state index >= 15 is 0 Å². The summed E-state index contributed by atoms with van der Waals surface area (Å²) in [6.45, 7) is 2.32. The van der Waals surface area contributed by atoms with Gasteiger partial charge in [-0.3, -0.25) is 9.59 Å². The highest BCUT2D eigenvalue weighted by Gasteiger charge is 2.12. The van der Waals surface area contributed by atoms with Crippen LogP contribution in [0.2, 0.25) is 0 Å². The second-order valence-electron chi connectivity index (χ2n) is 6.07. The van der Waals surface area contributed by atoms with Gasteiger partial charge in [0, 0.05) is 22.0 Å². The number of carbonyl (C=O) groups excluding carboxylic acids is 1. The van der Waals surface area contributed by atoms with E-state index in [-0.39, 0.29) is 18.0 Å². The van der Waals surface area contributed by atoms with Crippen LogP contribution in [0.4, 0.5) is 5.69 Å². The van der Waals surface area contributed by atoms with E-state index in [0.717, 1.165) is 26.7 Å². The van der Waals surface area contributed by atoms with Crippen molar-refractivity contribution in [3.05, 3.63) is 65.1 Å². The van der Waals surface area contributed by atoms with Gasteiger partial charge in [0.05, 0.1) is 12.8 Å². The van der Waals surface area contributed by atoms with Crippen molar-refractivity contribution in [1.82, 2.24) is 14.8 Å². The molecule has 0 saturated carbocycles. The quantitative estimate of drug-likeness (QED) is 0.571. The molecule has 4 rings (SSSR count). The molecule has 2 heterocycles. The molecule has 2 N–H and O–H groups in total. The van der Waals surface area contributed by atoms with Crippen LogP contribution in [0, 0.1) is 0 Å². The monoisotopic (exact) mass is 362 g/mol. The SMILES string of the molecule is CCOc1ccc(NC(=O)Cn2ncc3c([nH]c4ccccc43)c2=O)cc1. The highest BCUT2D eigenvalue weighted by atomic mass is 16.5. The zero-order chi connectivity index (χ0) is 18.8. The first-order chi connectivity index (χ1) is 13.2. The number of anilines is 1. The molecule has 2 aromatic carbocycles. The van der Waals surface area contributed by atoms with Gasteiger partial charge in [-0.05, 0) is 37.3 Å². The van der Waals surface area contributed by atoms with Crippen LogP contribution in [-0.4, -0.2) is 27.3 Å². The largest absolute Gasteiger partial charge is 0.494 e. The Labute approximate surface area is 154 Å². The molecule has 4 aromatic rings. The number of hydrogen-bond acceptors (Lipinski definition) is 4. The zero-order valence-corrected chi connectivity index (χ0v) is 14.7. The Morgan fingerprint density at radius 1 is 1.15 bits per heavy atom. The molecule has 2 aromatic heterocycles. The lowest BCUT2D eigenvalue weighted by Gasteiger charge is -2.08. The normalized spacial score (nSPS) is 11.0. The summed E-state index contributed by atoms with van der Waals surface area (Å²) in [7, 11) is 0. The average molecular weight is 362 g/mol. The number of aromatic amines is 1. The first kappa shape index (κ1) is 16.8. The van der Waals surface area contributed by atoms with E-state index in [1.54, 1.807) is 30.5 Å². The second-order valence-corrected chi connectivity index (χ2v) is 6.07. The predicted molar refractivity (Wildman–Crippen MR) is 104 cm³/mol. The molecular weight excluding hydrogens is 344 g/mol. The van der Waals surface area contributed by atoms with E-state index < -0.39 is 0 Å². The maximum Gasteiger partial charge on any atom is 0.291 e. The minimum atomic E-state index is -0.329. The molecule has 0 spiro atoms. The third kappa shape index (κ3) is 3.27. The van der Waals surface area contributed by atoms with E-state index in [1.165, 1.54) is 0 Å². The van der Waals surface area contributed by atoms with Gasteiger partial charge in [0.15, 0.2) is 0 Å². The Hall–Kier alpha value is -3.61. The molecule has 0 aliphatic heterocycles. The van der Waals surface area contributed by atoms with Gasteiger partial charge in [0.2, 0.25) is 5.91 Å². The Kier molecular flexibility index (Phi) is 4.33. The minimum Gasteiger partial charge on any atom is -0.494 e. The Balaban J connectivity index is 1.55. The number of rotatable bonds is 5. The van der Waals surface area contributed by atoms with E-state index in [2.05, 4.69) is 15.4 Å². The van der Waals surface area contributed by atoms with Crippen LogP contribution in [-0.2, 0) is 11.3 Å². The number of ether oxygens (including phenoxy) is 1. The first-order valence-electron chi connectivity index (χ1n) is 8.65. The molecule has 0 atom stereocenters. The number of amides is 1. The van der Waals surface area contributed by atoms with E-state index in [4.69, 9.17) is 4.74 Å². The maximum atomic E-state index is 12.7. The van der Waals surface area contributed by atoms with Crippen LogP contribution in [0.15, 0.2) is 59.5 Å². The third-order valence-electron chi connectivity index (χ3n) is 4.26. The fraction of sp³-hybridized carbons (Fsp3) is 0.150. The number of fused-ring (bicyclic) bond motifs is 3. The number of para-hydroxylation sites is 1. The van der Waals surface area contributed by atoms with E-state index in [9.17, 15) is 9.59 Å². The van der Waals surface area contributed by atoms with E-state index in [1.807, 2.05) is 31.2 Å². The molecule has 27 heavy (non-hydrogen) atoms. The number of carbonyl (C=O) groups is 1. The Bertz CT molecular complexity index is 1180. The zero-order valence-electron chi connectivity index (χ0n) is 14.7. The van der Waals surface area contributed by atoms with Gasteiger partial charge in [-0.15, -0.1) is 0 Å². The molecule has 0 saturated heterocycles. The average Bonchev–Trinajstić information content (AvgIpc) is 3.05. The van der Waals surface area contributed by atoms with Crippen LogP contribution in [0.25, 0.3) is 21.8 Å². The van der Waals surface area contributed by atoms with Crippen molar-refractivity contribution < 1.29 is 9.53 Å². The number of hydrogen-bond donors (Lipinski definition) is 2. The topological polar surface area (TPSA) is 89.0 Å². The molecule has 0 aliphatic rings. The van der Waals surface area contributed by atoms with E-state index in [0.29, 0.717) is 17.8 Å². The molecule has 0 radical (unpaired) electrons. The van der Waals surface area contributed by atoms with Gasteiger partial charge < -0.3 is 15.0 Å². The van der Waals surface area contributed by atoms with Gasteiger partial charge in [-0.25, -0.2) is 4.68 Å². The molecule has 1 amide bonds. The van der Waals surface area contributed by atoms with Crippen molar-refractivity contribution in [2.75, 3.05) is 11.9 Å². The van der Waals surface area contributed by atoms with Crippen molar-refractivity contribution in [2.24, 2.45) is 0 Å². The van der Waals surface area contributed by atoms with Crippen LogP contribution < -0.4 is 15.6 Å². The van der Waals surface area contributed by atoms with Crippen molar-refractivity contribution in [3.8, 4) is 5.75 Å². The van der Waals surface area contributed by atoms with Crippen LogP contribution in [0.1, 0.15) is 6.92 Å². The van der Waals surface area contributed by atoms with Crippen molar-refractivity contribution in [1.29, 1.82) is 0 Å². The lowest BCUT2D eigenvalue weighted by Crippen LogP contribution is -2.29. The summed E-state index contributed by atoms with van der Waals surface area (Å²) >= 11 is 0. The molecule has 0 aliphatic carbocycles. The number of nitrogens with one attached hydrogen (secondary N) is 2. The first-order valence-corrected chi connectivity index (χ1v) is 8.65. The minimum absolute atomic E-state index is 0.169. The Morgan fingerprint density at radius 2 is 1.93 bits per heavy atom. The predicted octanol–water partition coefficient (Wildman–Crippen LogP) is 2.92. The number of nitrogens with zero attached hydrogens (tertiary/aromatic N) is 2. The summed E-state index contributed by atoms with van der Waals surface area (Å²) in [6.07, 6.45) is 1.61. The molecule has 0 unspecified atom stereocenters. The second kappa shape index (κ2) is 6.95. The number of aromatic nitrogens is 3. The number of benzene rings is 2. The third-order valence-corrected chi connectivity index (χ3v) is 4.26. The highest BCUT2D eigenvalue weighted by molar-refractivity contribution is 6.06. The van der Waals surface area contributed by atoms with Gasteiger partial charge in [0.1, 0.15) is 17.8 Å². The molecule has 136 valence electrons. The van der Waals surface area contributed by atoms with Gasteiger partial charge in [0.25, 0.3) is 5.56 Å². The summed E-state index contributed by atoms with van der Waals surface area (Å²) in [5.74, 6) is 0.405. The summed E-state index contributed by atoms with van der Waals surface area (Å²) < 4.78 is 6.53. The molecule has 0 fully saturated rings. The summed E-state index contributed by atoms with van der Waals surface area (Å²) in [6, 6.07) is 14.7. The van der Waals surface area contributed by atoms with Gasteiger partial charge in [-0.1, -0.05) is 18.2 Å². The summed E-state index contributed by atoms with van der Waals surface area (Å²) in [5, 5.41) is 8.59. The molecule has 7 nitrogen and oxygen atoms in total. The van der Waals surface area contributed by atoms with Crippen molar-refractivity contribution in [3.63, 3.8) is 0 Å². The fourth-order valence-electron chi connectivity index (χ4n) is 3.03. The smallest absolute Gasteiger partial charge is 0.291 e. The van der Waals surface area contributed by atoms with Crippen molar-refractivity contribution >= 4 is 33.4 Å². The summed E-state index contributed by atoms with van der Waals surface area (Å²) in [5.41, 5.74) is 1.61. The Morgan fingerprint density at radius 3 is 2.70 bits per heavy atom. The highest BCUT2D eigenvalue weighted by Crippen LogP contribution is 2.21. The summed E-state index contributed by atoms with van der Waals surface area (Å²) in [4.78, 5) is 28.1. The van der Waals surface area contributed by atoms with Gasteiger partial charge in [-0.2, -0.15) is 5.10 Å². The lowest BCUT2D eigenvalue weighted by molar-refractivity contribution is -0.117. The van der Waals surface area contributed by atoms with Gasteiger partial charge >= 0.3 is 0 Å². The van der Waals surface area contributed by atoms with Crippen molar-refractivity contribution in [2.45, 2.75) is 13.5 Å². The number of H-pyrrole nitrogens is 1. The molecular formula is C20H18N4O3. The molecule has 7 heteroatoms.